The maximum Gasteiger partial charge on any atom is 0.214 e. The van der Waals surface area contributed by atoms with Crippen molar-refractivity contribution in [1.29, 1.82) is 0 Å². The van der Waals surface area contributed by atoms with Crippen LogP contribution in [0, 0.1) is 11.8 Å². The zero-order valence-electron chi connectivity index (χ0n) is 9.71. The van der Waals surface area contributed by atoms with Crippen molar-refractivity contribution >= 4 is 5.90 Å². The predicted octanol–water partition coefficient (Wildman–Crippen LogP) is 2.88. The fourth-order valence-corrected chi connectivity index (χ4v) is 1.43. The molecule has 3 heteroatoms. The minimum absolute atomic E-state index is 0.293. The van der Waals surface area contributed by atoms with Gasteiger partial charge in [0.05, 0.1) is 5.76 Å². The van der Waals surface area contributed by atoms with Gasteiger partial charge < -0.3 is 10.6 Å². The van der Waals surface area contributed by atoms with Gasteiger partial charge in [-0.25, -0.2) is 0 Å². The van der Waals surface area contributed by atoms with Crippen LogP contribution in [0.2, 0.25) is 0 Å². The highest BCUT2D eigenvalue weighted by molar-refractivity contribution is 5.79. The molecule has 0 spiro atoms. The minimum Gasteiger partial charge on any atom is -0.446 e. The van der Waals surface area contributed by atoms with E-state index >= 15 is 0 Å². The second-order valence-electron chi connectivity index (χ2n) is 3.91. The standard InChI is InChI=1S/C11H22N2O/c1-6-7-10(8(2)3)11(13-12)14-9(4)5/h8,10H,4,6-7,12H2,1-3,5H3/b13-11-. The predicted molar refractivity (Wildman–Crippen MR) is 60.8 cm³/mol. The molecule has 0 aliphatic heterocycles. The van der Waals surface area contributed by atoms with Gasteiger partial charge in [-0.3, -0.25) is 0 Å². The van der Waals surface area contributed by atoms with Crippen LogP contribution in [0.15, 0.2) is 17.4 Å². The van der Waals surface area contributed by atoms with Gasteiger partial charge in [0.2, 0.25) is 5.90 Å². The number of allylic oxidation sites excluding steroid dienone is 1. The number of ether oxygens (including phenoxy) is 1. The van der Waals surface area contributed by atoms with Crippen LogP contribution >= 0.6 is 0 Å². The third-order valence-electron chi connectivity index (χ3n) is 2.13. The summed E-state index contributed by atoms with van der Waals surface area (Å²) in [5, 5.41) is 3.70. The summed E-state index contributed by atoms with van der Waals surface area (Å²) >= 11 is 0. The summed E-state index contributed by atoms with van der Waals surface area (Å²) in [5.41, 5.74) is 0. The summed E-state index contributed by atoms with van der Waals surface area (Å²) in [4.78, 5) is 0. The van der Waals surface area contributed by atoms with Crippen LogP contribution in [0.3, 0.4) is 0 Å². The number of hydrazone groups is 1. The molecule has 3 nitrogen and oxygen atoms in total. The van der Waals surface area contributed by atoms with E-state index in [1.54, 1.807) is 6.92 Å². The van der Waals surface area contributed by atoms with E-state index in [1.165, 1.54) is 0 Å². The Bertz CT molecular complexity index is 209. The van der Waals surface area contributed by atoms with Gasteiger partial charge in [-0.1, -0.05) is 33.8 Å². The molecule has 0 aromatic carbocycles. The smallest absolute Gasteiger partial charge is 0.214 e. The number of nitrogens with two attached hydrogens (primary N) is 1. The summed E-state index contributed by atoms with van der Waals surface area (Å²) in [6.45, 7) is 11.9. The SMILES string of the molecule is C=C(C)O/C(=N\N)C(CCC)C(C)C. The van der Waals surface area contributed by atoms with Crippen molar-refractivity contribution in [3.8, 4) is 0 Å². The first-order valence-corrected chi connectivity index (χ1v) is 5.14. The molecule has 0 rings (SSSR count). The first kappa shape index (κ1) is 13.0. The Labute approximate surface area is 87.0 Å². The molecule has 0 saturated heterocycles. The van der Waals surface area contributed by atoms with Crippen LogP contribution in [0.1, 0.15) is 40.5 Å². The summed E-state index contributed by atoms with van der Waals surface area (Å²) in [6, 6.07) is 0. The van der Waals surface area contributed by atoms with Gasteiger partial charge in [0, 0.05) is 5.92 Å². The largest absolute Gasteiger partial charge is 0.446 e. The lowest BCUT2D eigenvalue weighted by molar-refractivity contribution is 0.333. The average Bonchev–Trinajstić information content (AvgIpc) is 2.10. The zero-order valence-corrected chi connectivity index (χ0v) is 9.71. The van der Waals surface area contributed by atoms with E-state index in [0.717, 1.165) is 12.8 Å². The van der Waals surface area contributed by atoms with Crippen LogP contribution < -0.4 is 5.84 Å². The molecule has 0 aromatic heterocycles. The Balaban J connectivity index is 4.51. The van der Waals surface area contributed by atoms with E-state index in [2.05, 4.69) is 32.5 Å². The quantitative estimate of drug-likeness (QED) is 0.243. The van der Waals surface area contributed by atoms with Gasteiger partial charge in [0.1, 0.15) is 0 Å². The van der Waals surface area contributed by atoms with E-state index in [9.17, 15) is 0 Å². The first-order chi connectivity index (χ1) is 6.52. The van der Waals surface area contributed by atoms with Crippen LogP contribution in [-0.4, -0.2) is 5.90 Å². The minimum atomic E-state index is 0.293. The Morgan fingerprint density at radius 3 is 2.36 bits per heavy atom. The molecule has 0 radical (unpaired) electrons. The number of rotatable bonds is 5. The van der Waals surface area contributed by atoms with Crippen LogP contribution in [0.4, 0.5) is 0 Å². The van der Waals surface area contributed by atoms with Crippen molar-refractivity contribution in [2.75, 3.05) is 0 Å². The lowest BCUT2D eigenvalue weighted by Gasteiger charge is -2.21. The molecule has 0 fully saturated rings. The van der Waals surface area contributed by atoms with E-state index in [-0.39, 0.29) is 0 Å². The highest BCUT2D eigenvalue weighted by atomic mass is 16.5. The Morgan fingerprint density at radius 1 is 1.50 bits per heavy atom. The van der Waals surface area contributed by atoms with E-state index in [0.29, 0.717) is 23.5 Å². The first-order valence-electron chi connectivity index (χ1n) is 5.14. The molecule has 0 aliphatic rings. The van der Waals surface area contributed by atoms with E-state index < -0.39 is 0 Å². The van der Waals surface area contributed by atoms with Crippen molar-refractivity contribution in [1.82, 2.24) is 0 Å². The molecule has 0 heterocycles. The van der Waals surface area contributed by atoms with Crippen LogP contribution in [-0.2, 0) is 4.74 Å². The summed E-state index contributed by atoms with van der Waals surface area (Å²) < 4.78 is 5.41. The summed E-state index contributed by atoms with van der Waals surface area (Å²) in [7, 11) is 0. The average molecular weight is 198 g/mol. The molecular formula is C11H22N2O. The van der Waals surface area contributed by atoms with E-state index in [4.69, 9.17) is 10.6 Å². The molecule has 0 bridgehead atoms. The molecule has 0 saturated carbocycles. The molecule has 2 N–H and O–H groups in total. The molecule has 0 aromatic rings. The normalized spacial score (nSPS) is 14.2. The third kappa shape index (κ3) is 4.30. The molecular weight excluding hydrogens is 176 g/mol. The second kappa shape index (κ2) is 6.46. The molecule has 82 valence electrons. The molecule has 14 heavy (non-hydrogen) atoms. The fraction of sp³-hybridized carbons (Fsp3) is 0.727. The van der Waals surface area contributed by atoms with Crippen molar-refractivity contribution in [2.24, 2.45) is 22.8 Å². The number of hydrogen-bond donors (Lipinski definition) is 1. The Morgan fingerprint density at radius 2 is 2.07 bits per heavy atom. The highest BCUT2D eigenvalue weighted by Crippen LogP contribution is 2.20. The molecule has 1 unspecified atom stereocenters. The van der Waals surface area contributed by atoms with Gasteiger partial charge in [-0.05, 0) is 19.3 Å². The monoisotopic (exact) mass is 198 g/mol. The van der Waals surface area contributed by atoms with Crippen LogP contribution in [0.5, 0.6) is 0 Å². The van der Waals surface area contributed by atoms with Gasteiger partial charge in [0.25, 0.3) is 0 Å². The Hall–Kier alpha value is -0.990. The maximum atomic E-state index is 5.41. The van der Waals surface area contributed by atoms with E-state index in [1.807, 2.05) is 0 Å². The number of hydrogen-bond acceptors (Lipinski definition) is 3. The van der Waals surface area contributed by atoms with Gasteiger partial charge in [0.15, 0.2) is 0 Å². The number of nitrogens with zero attached hydrogens (tertiary/aromatic N) is 1. The summed E-state index contributed by atoms with van der Waals surface area (Å²) in [5.74, 6) is 7.33. The Kier molecular flexibility index (Phi) is 6.00. The molecule has 0 amide bonds. The lowest BCUT2D eigenvalue weighted by Crippen LogP contribution is -2.23. The lowest BCUT2D eigenvalue weighted by atomic mass is 9.91. The van der Waals surface area contributed by atoms with Crippen molar-refractivity contribution in [3.05, 3.63) is 12.3 Å². The fourth-order valence-electron chi connectivity index (χ4n) is 1.43. The van der Waals surface area contributed by atoms with Crippen molar-refractivity contribution in [2.45, 2.75) is 40.5 Å². The third-order valence-corrected chi connectivity index (χ3v) is 2.13. The second-order valence-corrected chi connectivity index (χ2v) is 3.91. The van der Waals surface area contributed by atoms with Gasteiger partial charge in [-0.15, -0.1) is 5.10 Å². The summed E-state index contributed by atoms with van der Waals surface area (Å²) in [6.07, 6.45) is 2.14. The van der Waals surface area contributed by atoms with Gasteiger partial charge in [-0.2, -0.15) is 0 Å². The van der Waals surface area contributed by atoms with Crippen molar-refractivity contribution < 1.29 is 4.74 Å². The highest BCUT2D eigenvalue weighted by Gasteiger charge is 2.20. The van der Waals surface area contributed by atoms with Gasteiger partial charge >= 0.3 is 0 Å². The van der Waals surface area contributed by atoms with Crippen LogP contribution in [0.25, 0.3) is 0 Å². The maximum absolute atomic E-state index is 5.41. The molecule has 1 atom stereocenters. The topological polar surface area (TPSA) is 47.6 Å². The van der Waals surface area contributed by atoms with Crippen molar-refractivity contribution in [3.63, 3.8) is 0 Å². The zero-order chi connectivity index (χ0) is 11.1. The molecule has 0 aliphatic carbocycles.